The van der Waals surface area contributed by atoms with Crippen LogP contribution in [-0.4, -0.2) is 23.7 Å². The van der Waals surface area contributed by atoms with Crippen LogP contribution in [0.1, 0.15) is 29.3 Å². The van der Waals surface area contributed by atoms with E-state index in [0.717, 1.165) is 12.0 Å². The van der Waals surface area contributed by atoms with Gasteiger partial charge in [0.15, 0.2) is 6.10 Å². The molecule has 5 aliphatic rings. The van der Waals surface area contributed by atoms with Gasteiger partial charge in [-0.05, 0) is 56.1 Å². The Kier molecular flexibility index (Phi) is 4.19. The lowest BCUT2D eigenvalue weighted by atomic mass is 9.63. The predicted molar refractivity (Wildman–Crippen MR) is 119 cm³/mol. The Morgan fingerprint density at radius 1 is 0.938 bits per heavy atom. The highest BCUT2D eigenvalue weighted by Crippen LogP contribution is 2.65. The first-order valence-corrected chi connectivity index (χ1v) is 11.4. The fourth-order valence-corrected chi connectivity index (χ4v) is 6.13. The molecule has 0 aromatic heterocycles. The Morgan fingerprint density at radius 3 is 2.16 bits per heavy atom. The van der Waals surface area contributed by atoms with Crippen LogP contribution in [0.3, 0.4) is 0 Å². The van der Waals surface area contributed by atoms with Gasteiger partial charge in [-0.3, -0.25) is 14.4 Å². The molecule has 5 heteroatoms. The maximum Gasteiger partial charge on any atom is 0.238 e. The number of benzene rings is 2. The fraction of sp³-hybridized carbons (Fsp3) is 0.370. The zero-order chi connectivity index (χ0) is 22.1. The van der Waals surface area contributed by atoms with E-state index in [1.165, 1.54) is 4.90 Å². The zero-order valence-corrected chi connectivity index (χ0v) is 18.1. The Labute approximate surface area is 187 Å². The second kappa shape index (κ2) is 6.89. The maximum absolute atomic E-state index is 13.5. The van der Waals surface area contributed by atoms with Gasteiger partial charge in [0.2, 0.25) is 17.6 Å². The van der Waals surface area contributed by atoms with Gasteiger partial charge in [-0.15, -0.1) is 0 Å². The molecule has 162 valence electrons. The number of ketones is 1. The van der Waals surface area contributed by atoms with Crippen molar-refractivity contribution in [2.24, 2.45) is 35.5 Å². The van der Waals surface area contributed by atoms with Crippen LogP contribution >= 0.6 is 0 Å². The number of hydrogen-bond acceptors (Lipinski definition) is 4. The molecule has 7 rings (SSSR count). The van der Waals surface area contributed by atoms with Crippen LogP contribution in [0, 0.1) is 42.4 Å². The molecular formula is C27H25NO4. The maximum atomic E-state index is 13.5. The number of nitrogens with zero attached hydrogens (tertiary/aromatic N) is 1. The molecule has 32 heavy (non-hydrogen) atoms. The van der Waals surface area contributed by atoms with Gasteiger partial charge in [0, 0.05) is 5.56 Å². The second-order valence-corrected chi connectivity index (χ2v) is 9.62. The molecule has 1 heterocycles. The van der Waals surface area contributed by atoms with Crippen molar-refractivity contribution in [2.75, 3.05) is 4.90 Å². The molecule has 2 aromatic carbocycles. The number of aryl methyl sites for hydroxylation is 1. The Morgan fingerprint density at radius 2 is 1.53 bits per heavy atom. The second-order valence-electron chi connectivity index (χ2n) is 9.62. The highest BCUT2D eigenvalue weighted by molar-refractivity contribution is 6.23. The minimum atomic E-state index is -0.751. The summed E-state index contributed by atoms with van der Waals surface area (Å²) in [6.07, 6.45) is 4.71. The van der Waals surface area contributed by atoms with Gasteiger partial charge in [0.05, 0.1) is 17.5 Å². The summed E-state index contributed by atoms with van der Waals surface area (Å²) in [6.45, 7) is 3.67. The number of carbonyl (C=O) groups excluding carboxylic acids is 3. The molecule has 0 unspecified atom stereocenters. The molecule has 0 spiro atoms. The molecule has 0 radical (unpaired) electrons. The quantitative estimate of drug-likeness (QED) is 0.408. The Bertz CT molecular complexity index is 1130. The van der Waals surface area contributed by atoms with E-state index in [1.807, 2.05) is 19.1 Å². The van der Waals surface area contributed by atoms with Crippen LogP contribution in [0.5, 0.6) is 5.75 Å². The number of amides is 2. The van der Waals surface area contributed by atoms with Crippen molar-refractivity contribution in [1.29, 1.82) is 0 Å². The van der Waals surface area contributed by atoms with Gasteiger partial charge in [-0.1, -0.05) is 54.1 Å². The number of rotatable bonds is 5. The molecule has 2 aromatic rings. The molecule has 5 nitrogen and oxygen atoms in total. The Hall–Kier alpha value is -3.21. The number of imide groups is 1. The SMILES string of the molecule is Cc1ccc(C(=O)[C@H](C)Oc2ccccc2N2C(=O)[C@@H]3[C@@H]4C=C[C@H]([C@H]5C[C@@H]45)[C@@H]3C2=O)cc1. The predicted octanol–water partition coefficient (Wildman–Crippen LogP) is 4.20. The van der Waals surface area contributed by atoms with Crippen LogP contribution in [0.25, 0.3) is 0 Å². The summed E-state index contributed by atoms with van der Waals surface area (Å²) in [5.41, 5.74) is 2.09. The number of para-hydroxylation sites is 2. The van der Waals surface area contributed by atoms with Crippen LogP contribution in [0.4, 0.5) is 5.69 Å². The molecule has 2 amide bonds. The molecule has 0 N–H and O–H groups in total. The minimum absolute atomic E-state index is 0.127. The van der Waals surface area contributed by atoms with Crippen LogP contribution in [-0.2, 0) is 9.59 Å². The topological polar surface area (TPSA) is 63.7 Å². The van der Waals surface area contributed by atoms with Crippen molar-refractivity contribution in [3.05, 3.63) is 71.8 Å². The van der Waals surface area contributed by atoms with Gasteiger partial charge in [-0.25, -0.2) is 4.90 Å². The lowest BCUT2D eigenvalue weighted by Crippen LogP contribution is -2.40. The van der Waals surface area contributed by atoms with Gasteiger partial charge < -0.3 is 4.74 Å². The number of Topliss-reactive ketones (excluding diaryl/α,β-unsaturated/α-hetero) is 1. The third kappa shape index (κ3) is 2.73. The number of anilines is 1. The summed E-state index contributed by atoms with van der Waals surface area (Å²) in [7, 11) is 0. The molecular weight excluding hydrogens is 402 g/mol. The number of ether oxygens (including phenoxy) is 1. The number of carbonyl (C=O) groups is 3. The summed E-state index contributed by atoms with van der Waals surface area (Å²) >= 11 is 0. The van der Waals surface area contributed by atoms with E-state index in [-0.39, 0.29) is 41.3 Å². The van der Waals surface area contributed by atoms with Gasteiger partial charge in [0.1, 0.15) is 5.75 Å². The summed E-state index contributed by atoms with van der Waals surface area (Å²) in [6, 6.07) is 14.4. The van der Waals surface area contributed by atoms with E-state index < -0.39 is 6.10 Å². The van der Waals surface area contributed by atoms with Crippen molar-refractivity contribution in [1.82, 2.24) is 0 Å². The largest absolute Gasteiger partial charge is 0.480 e. The lowest BCUT2D eigenvalue weighted by molar-refractivity contribution is -0.124. The summed E-state index contributed by atoms with van der Waals surface area (Å²) in [4.78, 5) is 41.2. The normalized spacial score (nSPS) is 32.5. The number of allylic oxidation sites excluding steroid dienone is 2. The van der Waals surface area contributed by atoms with E-state index in [4.69, 9.17) is 4.74 Å². The van der Waals surface area contributed by atoms with Crippen molar-refractivity contribution < 1.29 is 19.1 Å². The molecule has 1 aliphatic heterocycles. The fourth-order valence-electron chi connectivity index (χ4n) is 6.13. The Balaban J connectivity index is 1.29. The minimum Gasteiger partial charge on any atom is -0.480 e. The van der Waals surface area contributed by atoms with Gasteiger partial charge >= 0.3 is 0 Å². The molecule has 4 aliphatic carbocycles. The molecule has 3 fully saturated rings. The van der Waals surface area contributed by atoms with E-state index in [2.05, 4.69) is 12.2 Å². The van der Waals surface area contributed by atoms with Crippen molar-refractivity contribution in [3.8, 4) is 5.75 Å². The highest BCUT2D eigenvalue weighted by atomic mass is 16.5. The zero-order valence-electron chi connectivity index (χ0n) is 18.1. The third-order valence-electron chi connectivity index (χ3n) is 7.78. The third-order valence-corrected chi connectivity index (χ3v) is 7.78. The van der Waals surface area contributed by atoms with Crippen LogP contribution < -0.4 is 9.64 Å². The van der Waals surface area contributed by atoms with Gasteiger partial charge in [0.25, 0.3) is 0 Å². The summed E-state index contributed by atoms with van der Waals surface area (Å²) < 4.78 is 6.04. The van der Waals surface area contributed by atoms with E-state index >= 15 is 0 Å². The molecule has 7 atom stereocenters. The molecule has 1 saturated heterocycles. The first-order valence-electron chi connectivity index (χ1n) is 11.4. The standard InChI is InChI=1S/C27H25NO4/c1-14-7-9-16(10-8-14)25(29)15(2)32-22-6-4-3-5-21(22)28-26(30)23-17-11-12-18(20-13-19(17)20)24(23)27(28)31/h3-12,15,17-20,23-24H,13H2,1-2H3/t15-,17+,18+,19-,20+,23+,24-/m0/s1. The summed E-state index contributed by atoms with van der Waals surface area (Å²) in [5, 5.41) is 0. The van der Waals surface area contributed by atoms with E-state index in [1.54, 1.807) is 43.3 Å². The van der Waals surface area contributed by atoms with E-state index in [0.29, 0.717) is 28.8 Å². The average molecular weight is 428 g/mol. The van der Waals surface area contributed by atoms with E-state index in [9.17, 15) is 14.4 Å². The van der Waals surface area contributed by atoms with Crippen LogP contribution in [0.2, 0.25) is 0 Å². The van der Waals surface area contributed by atoms with Crippen molar-refractivity contribution in [2.45, 2.75) is 26.4 Å². The first-order chi connectivity index (χ1) is 15.5. The molecule has 2 bridgehead atoms. The lowest BCUT2D eigenvalue weighted by Gasteiger charge is -2.37. The average Bonchev–Trinajstić information content (AvgIpc) is 3.58. The highest BCUT2D eigenvalue weighted by Gasteiger charge is 2.67. The number of hydrogen-bond donors (Lipinski definition) is 0. The van der Waals surface area contributed by atoms with Crippen molar-refractivity contribution >= 4 is 23.3 Å². The van der Waals surface area contributed by atoms with Gasteiger partial charge in [-0.2, -0.15) is 0 Å². The smallest absolute Gasteiger partial charge is 0.238 e. The van der Waals surface area contributed by atoms with Crippen LogP contribution in [0.15, 0.2) is 60.7 Å². The van der Waals surface area contributed by atoms with Crippen molar-refractivity contribution in [3.63, 3.8) is 0 Å². The summed E-state index contributed by atoms with van der Waals surface area (Å²) in [5.74, 6) is 0.917. The molecule has 2 saturated carbocycles. The first kappa shape index (κ1) is 19.5. The monoisotopic (exact) mass is 427 g/mol.